The highest BCUT2D eigenvalue weighted by molar-refractivity contribution is 5.76. The summed E-state index contributed by atoms with van der Waals surface area (Å²) in [6.07, 6.45) is 1.94. The second-order valence-electron chi connectivity index (χ2n) is 5.70. The van der Waals surface area contributed by atoms with E-state index in [2.05, 4.69) is 10.2 Å². The molecule has 3 N–H and O–H groups in total. The Balaban J connectivity index is 2.01. The maximum Gasteiger partial charge on any atom is 0.224 e. The van der Waals surface area contributed by atoms with Crippen molar-refractivity contribution in [2.45, 2.75) is 25.9 Å². The van der Waals surface area contributed by atoms with Crippen molar-refractivity contribution in [3.05, 3.63) is 41.2 Å². The van der Waals surface area contributed by atoms with Gasteiger partial charge in [0, 0.05) is 37.3 Å². The van der Waals surface area contributed by atoms with E-state index in [4.69, 9.17) is 15.2 Å². The second kappa shape index (κ2) is 7.83. The normalized spacial score (nSPS) is 11.9. The summed E-state index contributed by atoms with van der Waals surface area (Å²) in [7, 11) is 4.91. The standard InChI is InChI=1S/C17H24N4O3/c1-11-13(9-19-20-11)10-21(2)17(22)8-14(18)12-5-6-15(23-3)16(7-12)24-4/h5-7,9,14H,8,10,18H2,1-4H3,(H,19,20). The van der Waals surface area contributed by atoms with Crippen LogP contribution in [-0.4, -0.2) is 42.3 Å². The van der Waals surface area contributed by atoms with Crippen LogP contribution in [0.1, 0.15) is 29.3 Å². The van der Waals surface area contributed by atoms with E-state index in [1.165, 1.54) is 0 Å². The van der Waals surface area contributed by atoms with Crippen LogP contribution in [0.5, 0.6) is 11.5 Å². The molecule has 0 bridgehead atoms. The predicted octanol–water partition coefficient (Wildman–Crippen LogP) is 1.78. The van der Waals surface area contributed by atoms with E-state index in [0.717, 1.165) is 16.8 Å². The summed E-state index contributed by atoms with van der Waals surface area (Å²) in [5, 5.41) is 6.83. The number of benzene rings is 1. The number of aromatic nitrogens is 2. The molecule has 2 aromatic rings. The molecule has 24 heavy (non-hydrogen) atoms. The van der Waals surface area contributed by atoms with E-state index in [1.54, 1.807) is 44.5 Å². The Morgan fingerprint density at radius 3 is 2.62 bits per heavy atom. The molecule has 1 heterocycles. The summed E-state index contributed by atoms with van der Waals surface area (Å²) < 4.78 is 10.5. The first kappa shape index (κ1) is 17.8. The zero-order valence-electron chi connectivity index (χ0n) is 14.5. The lowest BCUT2D eigenvalue weighted by molar-refractivity contribution is -0.130. The average molecular weight is 332 g/mol. The van der Waals surface area contributed by atoms with Gasteiger partial charge in [-0.1, -0.05) is 6.07 Å². The molecule has 0 aliphatic carbocycles. The van der Waals surface area contributed by atoms with Crippen molar-refractivity contribution in [3.8, 4) is 11.5 Å². The molecule has 1 aromatic carbocycles. The van der Waals surface area contributed by atoms with Gasteiger partial charge in [-0.3, -0.25) is 9.89 Å². The van der Waals surface area contributed by atoms with Crippen LogP contribution < -0.4 is 15.2 Å². The topological polar surface area (TPSA) is 93.5 Å². The minimum atomic E-state index is -0.412. The molecule has 0 aliphatic heterocycles. The van der Waals surface area contributed by atoms with Gasteiger partial charge in [0.05, 0.1) is 20.4 Å². The van der Waals surface area contributed by atoms with Crippen LogP contribution >= 0.6 is 0 Å². The number of carbonyl (C=O) groups is 1. The highest BCUT2D eigenvalue weighted by Gasteiger charge is 2.18. The molecule has 1 aromatic heterocycles. The number of H-pyrrole nitrogens is 1. The Bertz CT molecular complexity index is 699. The number of nitrogens with one attached hydrogen (secondary N) is 1. The largest absolute Gasteiger partial charge is 0.493 e. The van der Waals surface area contributed by atoms with Gasteiger partial charge in [-0.15, -0.1) is 0 Å². The molecule has 0 fully saturated rings. The Morgan fingerprint density at radius 2 is 2.04 bits per heavy atom. The number of ether oxygens (including phenoxy) is 2. The van der Waals surface area contributed by atoms with Gasteiger partial charge in [0.1, 0.15) is 0 Å². The molecule has 2 rings (SSSR count). The summed E-state index contributed by atoms with van der Waals surface area (Å²) in [5.74, 6) is 1.20. The number of hydrogen-bond donors (Lipinski definition) is 2. The molecular weight excluding hydrogens is 308 g/mol. The second-order valence-corrected chi connectivity index (χ2v) is 5.70. The Kier molecular flexibility index (Phi) is 5.81. The molecule has 1 unspecified atom stereocenters. The number of nitrogens with two attached hydrogens (primary N) is 1. The van der Waals surface area contributed by atoms with Crippen LogP contribution in [0.25, 0.3) is 0 Å². The molecule has 7 nitrogen and oxygen atoms in total. The van der Waals surface area contributed by atoms with Crippen molar-refractivity contribution in [2.24, 2.45) is 5.73 Å². The van der Waals surface area contributed by atoms with Gasteiger partial charge in [-0.25, -0.2) is 0 Å². The summed E-state index contributed by atoms with van der Waals surface area (Å²) in [6.45, 7) is 2.43. The first-order valence-corrected chi connectivity index (χ1v) is 7.66. The molecule has 0 saturated heterocycles. The third kappa shape index (κ3) is 4.05. The summed E-state index contributed by atoms with van der Waals surface area (Å²) >= 11 is 0. The third-order valence-corrected chi connectivity index (χ3v) is 4.00. The van der Waals surface area contributed by atoms with Gasteiger partial charge in [0.15, 0.2) is 11.5 Å². The number of aromatic amines is 1. The first-order valence-electron chi connectivity index (χ1n) is 7.66. The zero-order valence-corrected chi connectivity index (χ0v) is 14.5. The number of carbonyl (C=O) groups excluding carboxylic acids is 1. The van der Waals surface area contributed by atoms with Crippen LogP contribution in [0, 0.1) is 6.92 Å². The van der Waals surface area contributed by atoms with E-state index in [0.29, 0.717) is 18.0 Å². The zero-order chi connectivity index (χ0) is 17.7. The molecule has 7 heteroatoms. The molecule has 0 radical (unpaired) electrons. The lowest BCUT2D eigenvalue weighted by atomic mass is 10.0. The van der Waals surface area contributed by atoms with Crippen molar-refractivity contribution in [1.82, 2.24) is 15.1 Å². The van der Waals surface area contributed by atoms with Crippen molar-refractivity contribution >= 4 is 5.91 Å². The highest BCUT2D eigenvalue weighted by Crippen LogP contribution is 2.30. The fourth-order valence-corrected chi connectivity index (χ4v) is 2.42. The lowest BCUT2D eigenvalue weighted by Crippen LogP contribution is -2.29. The SMILES string of the molecule is COc1ccc(C(N)CC(=O)N(C)Cc2cn[nH]c2C)cc1OC. The van der Waals surface area contributed by atoms with Crippen molar-refractivity contribution in [1.29, 1.82) is 0 Å². The van der Waals surface area contributed by atoms with Gasteiger partial charge < -0.3 is 20.1 Å². The van der Waals surface area contributed by atoms with Crippen LogP contribution in [0.4, 0.5) is 0 Å². The maximum atomic E-state index is 12.4. The maximum absolute atomic E-state index is 12.4. The highest BCUT2D eigenvalue weighted by atomic mass is 16.5. The van der Waals surface area contributed by atoms with E-state index in [9.17, 15) is 4.79 Å². The Labute approximate surface area is 141 Å². The first-order chi connectivity index (χ1) is 11.5. The van der Waals surface area contributed by atoms with Gasteiger partial charge in [-0.2, -0.15) is 5.10 Å². The monoisotopic (exact) mass is 332 g/mol. The van der Waals surface area contributed by atoms with Crippen molar-refractivity contribution in [3.63, 3.8) is 0 Å². The number of rotatable bonds is 7. The quantitative estimate of drug-likeness (QED) is 0.806. The number of aryl methyl sites for hydroxylation is 1. The van der Waals surface area contributed by atoms with Gasteiger partial charge in [0.2, 0.25) is 5.91 Å². The smallest absolute Gasteiger partial charge is 0.224 e. The van der Waals surface area contributed by atoms with Gasteiger partial charge in [-0.05, 0) is 24.6 Å². The minimum Gasteiger partial charge on any atom is -0.493 e. The van der Waals surface area contributed by atoms with Crippen LogP contribution in [0.15, 0.2) is 24.4 Å². The number of methoxy groups -OCH3 is 2. The molecule has 1 amide bonds. The van der Waals surface area contributed by atoms with Crippen LogP contribution in [0.2, 0.25) is 0 Å². The van der Waals surface area contributed by atoms with Crippen LogP contribution in [-0.2, 0) is 11.3 Å². The molecule has 0 saturated carbocycles. The third-order valence-electron chi connectivity index (χ3n) is 4.00. The minimum absolute atomic E-state index is 0.0297. The van der Waals surface area contributed by atoms with E-state index in [1.807, 2.05) is 13.0 Å². The van der Waals surface area contributed by atoms with E-state index >= 15 is 0 Å². The van der Waals surface area contributed by atoms with E-state index in [-0.39, 0.29) is 12.3 Å². The Hall–Kier alpha value is -2.54. The number of amides is 1. The molecule has 0 aliphatic rings. The van der Waals surface area contributed by atoms with E-state index < -0.39 is 6.04 Å². The Morgan fingerprint density at radius 1 is 1.33 bits per heavy atom. The molecular formula is C17H24N4O3. The summed E-state index contributed by atoms with van der Waals surface area (Å²) in [5.41, 5.74) is 8.97. The summed E-state index contributed by atoms with van der Waals surface area (Å²) in [6, 6.07) is 5.03. The number of hydrogen-bond acceptors (Lipinski definition) is 5. The molecule has 1 atom stereocenters. The lowest BCUT2D eigenvalue weighted by Gasteiger charge is -2.20. The van der Waals surface area contributed by atoms with Crippen molar-refractivity contribution < 1.29 is 14.3 Å². The predicted molar refractivity (Wildman–Crippen MR) is 90.9 cm³/mol. The van der Waals surface area contributed by atoms with Gasteiger partial charge >= 0.3 is 0 Å². The summed E-state index contributed by atoms with van der Waals surface area (Å²) in [4.78, 5) is 14.1. The average Bonchev–Trinajstić information content (AvgIpc) is 2.98. The molecule has 130 valence electrons. The molecule has 0 spiro atoms. The number of nitrogens with zero attached hydrogens (tertiary/aromatic N) is 2. The van der Waals surface area contributed by atoms with Crippen LogP contribution in [0.3, 0.4) is 0 Å². The van der Waals surface area contributed by atoms with Crippen molar-refractivity contribution in [2.75, 3.05) is 21.3 Å². The fraction of sp³-hybridized carbons (Fsp3) is 0.412. The fourth-order valence-electron chi connectivity index (χ4n) is 2.42. The van der Waals surface area contributed by atoms with Gasteiger partial charge in [0.25, 0.3) is 0 Å².